The Labute approximate surface area is 201 Å². The second-order valence-electron chi connectivity index (χ2n) is 10.2. The van der Waals surface area contributed by atoms with Crippen molar-refractivity contribution >= 4 is 23.1 Å². The van der Waals surface area contributed by atoms with Gasteiger partial charge in [-0.1, -0.05) is 11.6 Å². The highest BCUT2D eigenvalue weighted by molar-refractivity contribution is 6.36. The van der Waals surface area contributed by atoms with Gasteiger partial charge in [-0.3, -0.25) is 19.2 Å². The van der Waals surface area contributed by atoms with Crippen molar-refractivity contribution in [2.24, 2.45) is 16.8 Å². The summed E-state index contributed by atoms with van der Waals surface area (Å²) in [6.07, 6.45) is 10.2. The number of hydrogen-bond donors (Lipinski definition) is 0. The Kier molecular flexibility index (Phi) is 6.53. The maximum absolute atomic E-state index is 13.7. The van der Waals surface area contributed by atoms with Gasteiger partial charge < -0.3 is 9.64 Å². The molecule has 1 saturated carbocycles. The summed E-state index contributed by atoms with van der Waals surface area (Å²) in [5.74, 6) is 0.193. The van der Waals surface area contributed by atoms with Gasteiger partial charge in [0.2, 0.25) is 5.91 Å². The predicted octanol–water partition coefficient (Wildman–Crippen LogP) is 2.81. The van der Waals surface area contributed by atoms with E-state index in [4.69, 9.17) is 4.74 Å². The Morgan fingerprint density at radius 1 is 1.24 bits per heavy atom. The highest BCUT2D eigenvalue weighted by Gasteiger charge is 2.37. The molecule has 0 N–H and O–H groups in total. The number of methoxy groups -OCH3 is 1. The van der Waals surface area contributed by atoms with Gasteiger partial charge in [-0.15, -0.1) is 0 Å². The summed E-state index contributed by atoms with van der Waals surface area (Å²) < 4.78 is 7.11. The predicted molar refractivity (Wildman–Crippen MR) is 131 cm³/mol. The van der Waals surface area contributed by atoms with Crippen LogP contribution in [0.25, 0.3) is 5.57 Å². The van der Waals surface area contributed by atoms with Gasteiger partial charge in [-0.25, -0.2) is 4.99 Å². The van der Waals surface area contributed by atoms with Crippen LogP contribution in [0.1, 0.15) is 55.6 Å². The SMILES string of the molecule is COCCCCN1CCN(C(=O)C2C=C3C(=NC(=O)c4cnn(CC5CC5)c43)C=C2C)C[C@@H]1C. The van der Waals surface area contributed by atoms with Crippen molar-refractivity contribution in [1.82, 2.24) is 19.6 Å². The molecule has 4 aliphatic rings. The van der Waals surface area contributed by atoms with E-state index in [2.05, 4.69) is 21.9 Å². The van der Waals surface area contributed by atoms with Gasteiger partial charge in [0.25, 0.3) is 5.91 Å². The van der Waals surface area contributed by atoms with E-state index in [9.17, 15) is 9.59 Å². The number of nitrogens with zero attached hydrogens (tertiary/aromatic N) is 5. The zero-order valence-corrected chi connectivity index (χ0v) is 20.5. The molecule has 182 valence electrons. The lowest BCUT2D eigenvalue weighted by Crippen LogP contribution is -2.55. The zero-order chi connectivity index (χ0) is 23.8. The number of hydrogen-bond acceptors (Lipinski definition) is 5. The van der Waals surface area contributed by atoms with E-state index >= 15 is 0 Å². The number of carbonyl (C=O) groups excluding carboxylic acids is 2. The molecule has 8 nitrogen and oxygen atoms in total. The molecule has 1 saturated heterocycles. The summed E-state index contributed by atoms with van der Waals surface area (Å²) >= 11 is 0. The van der Waals surface area contributed by atoms with Crippen molar-refractivity contribution in [2.45, 2.75) is 52.1 Å². The van der Waals surface area contributed by atoms with E-state index in [1.54, 1.807) is 13.3 Å². The second kappa shape index (κ2) is 9.58. The summed E-state index contributed by atoms with van der Waals surface area (Å²) in [7, 11) is 1.74. The summed E-state index contributed by atoms with van der Waals surface area (Å²) in [4.78, 5) is 35.1. The number of allylic oxidation sites excluding steroid dienone is 2. The number of amides is 2. The van der Waals surface area contributed by atoms with Crippen LogP contribution < -0.4 is 0 Å². The molecule has 1 unspecified atom stereocenters. The Morgan fingerprint density at radius 2 is 2.06 bits per heavy atom. The molecule has 2 fully saturated rings. The largest absolute Gasteiger partial charge is 0.385 e. The fourth-order valence-electron chi connectivity index (χ4n) is 5.29. The molecule has 0 bridgehead atoms. The lowest BCUT2D eigenvalue weighted by molar-refractivity contribution is -0.135. The molecule has 34 heavy (non-hydrogen) atoms. The zero-order valence-electron chi connectivity index (χ0n) is 20.5. The minimum Gasteiger partial charge on any atom is -0.385 e. The fourth-order valence-corrected chi connectivity index (χ4v) is 5.29. The molecule has 0 aromatic carbocycles. The standard InChI is InChI=1S/C26H35N5O3/c1-17-12-23-21(24-22(25(32)28-23)14-27-31(24)16-19-6-7-19)13-20(17)26(33)30-10-9-29(18(2)15-30)8-4-5-11-34-3/h12-14,18-20H,4-11,15-16H2,1-3H3/t18-,20?/m0/s1. The molecular weight excluding hydrogens is 430 g/mol. The number of rotatable bonds is 8. The van der Waals surface area contributed by atoms with Crippen LogP contribution in [0.2, 0.25) is 0 Å². The minimum absolute atomic E-state index is 0.137. The number of aliphatic imine (C=N–C) groups is 1. The quantitative estimate of drug-likeness (QED) is 0.552. The maximum Gasteiger partial charge on any atom is 0.281 e. The first-order chi connectivity index (χ1) is 16.5. The molecule has 3 heterocycles. The van der Waals surface area contributed by atoms with Gasteiger partial charge in [0.15, 0.2) is 0 Å². The van der Waals surface area contributed by atoms with Crippen LogP contribution in [0.3, 0.4) is 0 Å². The van der Waals surface area contributed by atoms with Crippen LogP contribution in [0.4, 0.5) is 0 Å². The first-order valence-corrected chi connectivity index (χ1v) is 12.6. The molecule has 2 aliphatic carbocycles. The van der Waals surface area contributed by atoms with Gasteiger partial charge in [0.05, 0.1) is 29.1 Å². The normalized spacial score (nSPS) is 24.9. The van der Waals surface area contributed by atoms with Gasteiger partial charge in [-0.05, 0) is 58.1 Å². The summed E-state index contributed by atoms with van der Waals surface area (Å²) in [5.41, 5.74) is 3.85. The number of unbranched alkanes of at least 4 members (excludes halogenated alkanes) is 1. The fraction of sp³-hybridized carbons (Fsp3) is 0.615. The van der Waals surface area contributed by atoms with Crippen LogP contribution in [-0.2, 0) is 16.1 Å². The molecule has 0 radical (unpaired) electrons. The van der Waals surface area contributed by atoms with Crippen molar-refractivity contribution in [3.63, 3.8) is 0 Å². The van der Waals surface area contributed by atoms with Crippen molar-refractivity contribution < 1.29 is 14.3 Å². The molecule has 2 aliphatic heterocycles. The minimum atomic E-state index is -0.334. The van der Waals surface area contributed by atoms with Crippen LogP contribution in [-0.4, -0.2) is 83.0 Å². The van der Waals surface area contributed by atoms with Gasteiger partial charge in [0.1, 0.15) is 0 Å². The van der Waals surface area contributed by atoms with E-state index in [1.165, 1.54) is 12.8 Å². The Bertz CT molecular complexity index is 1060. The smallest absolute Gasteiger partial charge is 0.281 e. The van der Waals surface area contributed by atoms with Crippen molar-refractivity contribution in [1.29, 1.82) is 0 Å². The molecule has 1 aromatic rings. The third-order valence-electron chi connectivity index (χ3n) is 7.53. The number of piperazine rings is 1. The van der Waals surface area contributed by atoms with Crippen molar-refractivity contribution in [2.75, 3.05) is 39.9 Å². The van der Waals surface area contributed by atoms with Gasteiger partial charge in [0, 0.05) is 51.5 Å². The number of fused-ring (bicyclic) bond motifs is 3. The Hall–Kier alpha value is -2.58. The summed E-state index contributed by atoms with van der Waals surface area (Å²) in [5, 5.41) is 4.50. The monoisotopic (exact) mass is 465 g/mol. The Morgan fingerprint density at radius 3 is 2.79 bits per heavy atom. The van der Waals surface area contributed by atoms with Crippen LogP contribution in [0.15, 0.2) is 28.9 Å². The second-order valence-corrected chi connectivity index (χ2v) is 10.2. The number of aromatic nitrogens is 2. The average molecular weight is 466 g/mol. The molecule has 2 amide bonds. The molecular formula is C26H35N5O3. The van der Waals surface area contributed by atoms with Crippen LogP contribution in [0, 0.1) is 11.8 Å². The van der Waals surface area contributed by atoms with E-state index in [-0.39, 0.29) is 17.7 Å². The highest BCUT2D eigenvalue weighted by Crippen LogP contribution is 2.37. The average Bonchev–Trinajstić information content (AvgIpc) is 3.53. The van der Waals surface area contributed by atoms with E-state index < -0.39 is 0 Å². The first-order valence-electron chi connectivity index (χ1n) is 12.6. The lowest BCUT2D eigenvalue weighted by Gasteiger charge is -2.41. The Balaban J connectivity index is 1.32. The van der Waals surface area contributed by atoms with E-state index in [1.807, 2.05) is 28.7 Å². The van der Waals surface area contributed by atoms with Crippen LogP contribution in [0.5, 0.6) is 0 Å². The van der Waals surface area contributed by atoms with Gasteiger partial charge in [-0.2, -0.15) is 5.10 Å². The van der Waals surface area contributed by atoms with E-state index in [0.29, 0.717) is 23.2 Å². The maximum atomic E-state index is 13.7. The molecule has 2 atom stereocenters. The molecule has 1 aromatic heterocycles. The van der Waals surface area contributed by atoms with E-state index in [0.717, 1.165) is 69.0 Å². The number of ether oxygens (including phenoxy) is 1. The third kappa shape index (κ3) is 4.53. The van der Waals surface area contributed by atoms with Crippen molar-refractivity contribution in [3.8, 4) is 0 Å². The van der Waals surface area contributed by atoms with Crippen LogP contribution >= 0.6 is 0 Å². The van der Waals surface area contributed by atoms with Crippen molar-refractivity contribution in [3.05, 3.63) is 35.2 Å². The molecule has 5 rings (SSSR count). The summed E-state index contributed by atoms with van der Waals surface area (Å²) in [6.45, 7) is 9.20. The first kappa shape index (κ1) is 23.2. The molecule has 0 spiro atoms. The topological polar surface area (TPSA) is 80.0 Å². The molecule has 8 heteroatoms. The number of carbonyl (C=O) groups is 2. The third-order valence-corrected chi connectivity index (χ3v) is 7.53. The summed E-state index contributed by atoms with van der Waals surface area (Å²) in [6, 6.07) is 0.330. The van der Waals surface area contributed by atoms with Gasteiger partial charge >= 0.3 is 0 Å². The highest BCUT2D eigenvalue weighted by atomic mass is 16.5. The lowest BCUT2D eigenvalue weighted by atomic mass is 9.84.